The maximum absolute atomic E-state index is 10.8. The van der Waals surface area contributed by atoms with Crippen LogP contribution in [0, 0.1) is 0 Å². The molecule has 1 aromatic heterocycles. The van der Waals surface area contributed by atoms with E-state index in [0.29, 0.717) is 10.6 Å². The molecule has 0 aliphatic heterocycles. The molecule has 0 aliphatic rings. The summed E-state index contributed by atoms with van der Waals surface area (Å²) in [4.78, 5) is 10.8. The second kappa shape index (κ2) is 3.59. The summed E-state index contributed by atoms with van der Waals surface area (Å²) >= 11 is 5.76. The Balaban J connectivity index is 2.58. The van der Waals surface area contributed by atoms with E-state index in [1.165, 1.54) is 12.7 Å². The molecule has 2 rings (SSSR count). The lowest BCUT2D eigenvalue weighted by Crippen LogP contribution is -1.95. The first kappa shape index (κ1) is 8.90. The fourth-order valence-corrected chi connectivity index (χ4v) is 1.36. The lowest BCUT2D eigenvalue weighted by atomic mass is 10.2. The van der Waals surface area contributed by atoms with Gasteiger partial charge in [0.1, 0.15) is 12.7 Å². The highest BCUT2D eigenvalue weighted by atomic mass is 35.5. The summed E-state index contributed by atoms with van der Waals surface area (Å²) in [6.45, 7) is 0. The van der Waals surface area contributed by atoms with Gasteiger partial charge in [-0.05, 0) is 18.2 Å². The number of rotatable bonds is 2. The number of aromatic nitrogens is 3. The molecule has 0 saturated heterocycles. The van der Waals surface area contributed by atoms with Gasteiger partial charge in [-0.3, -0.25) is 9.36 Å². The molecular weight excluding hydrogens is 202 g/mol. The van der Waals surface area contributed by atoms with Gasteiger partial charge in [-0.2, -0.15) is 0 Å². The van der Waals surface area contributed by atoms with Crippen LogP contribution in [0.15, 0.2) is 30.9 Å². The van der Waals surface area contributed by atoms with Gasteiger partial charge < -0.3 is 0 Å². The number of carbonyl (C=O) groups is 1. The minimum atomic E-state index is 0.511. The van der Waals surface area contributed by atoms with Gasteiger partial charge >= 0.3 is 0 Å². The first-order valence-electron chi connectivity index (χ1n) is 3.91. The van der Waals surface area contributed by atoms with E-state index in [1.807, 2.05) is 0 Å². The van der Waals surface area contributed by atoms with Crippen molar-refractivity contribution in [3.8, 4) is 5.69 Å². The molecule has 1 aromatic carbocycles. The predicted molar refractivity (Wildman–Crippen MR) is 51.8 cm³/mol. The van der Waals surface area contributed by atoms with Gasteiger partial charge in [0.05, 0.1) is 5.69 Å². The highest BCUT2D eigenvalue weighted by Crippen LogP contribution is 2.17. The Morgan fingerprint density at radius 1 is 1.29 bits per heavy atom. The fourth-order valence-electron chi connectivity index (χ4n) is 1.18. The van der Waals surface area contributed by atoms with E-state index in [4.69, 9.17) is 11.6 Å². The molecule has 0 atom stereocenters. The first-order valence-corrected chi connectivity index (χ1v) is 4.29. The summed E-state index contributed by atoms with van der Waals surface area (Å²) in [7, 11) is 0. The number of nitrogens with zero attached hydrogens (tertiary/aromatic N) is 3. The molecule has 14 heavy (non-hydrogen) atoms. The van der Waals surface area contributed by atoms with E-state index >= 15 is 0 Å². The van der Waals surface area contributed by atoms with Gasteiger partial charge in [0.25, 0.3) is 0 Å². The molecule has 0 unspecified atom stereocenters. The summed E-state index contributed by atoms with van der Waals surface area (Å²) in [5.74, 6) is 0. The largest absolute Gasteiger partial charge is 0.298 e. The van der Waals surface area contributed by atoms with Crippen molar-refractivity contribution in [3.63, 3.8) is 0 Å². The van der Waals surface area contributed by atoms with Gasteiger partial charge in [0.15, 0.2) is 6.29 Å². The molecule has 2 aromatic rings. The Labute approximate surface area is 85.1 Å². The third kappa shape index (κ3) is 1.52. The standard InChI is InChI=1S/C9H6ClN3O/c10-8-1-2-9(7(3-8)4-14)13-5-11-12-6-13/h1-6H. The molecule has 70 valence electrons. The van der Waals surface area contributed by atoms with Crippen LogP contribution in [0.1, 0.15) is 10.4 Å². The third-order valence-corrected chi connectivity index (χ3v) is 2.05. The number of carbonyl (C=O) groups excluding carboxylic acids is 1. The quantitative estimate of drug-likeness (QED) is 0.705. The van der Waals surface area contributed by atoms with E-state index in [0.717, 1.165) is 12.0 Å². The molecule has 0 bridgehead atoms. The smallest absolute Gasteiger partial charge is 0.152 e. The number of hydrogen-bond acceptors (Lipinski definition) is 3. The van der Waals surface area contributed by atoms with E-state index in [9.17, 15) is 4.79 Å². The van der Waals surface area contributed by atoms with Crippen molar-refractivity contribution in [1.29, 1.82) is 0 Å². The van der Waals surface area contributed by atoms with Gasteiger partial charge in [0, 0.05) is 10.6 Å². The van der Waals surface area contributed by atoms with Gasteiger partial charge in [-0.1, -0.05) is 11.6 Å². The van der Waals surface area contributed by atoms with Crippen LogP contribution < -0.4 is 0 Å². The van der Waals surface area contributed by atoms with Crippen LogP contribution in [-0.4, -0.2) is 21.1 Å². The second-order valence-corrected chi connectivity index (χ2v) is 3.13. The topological polar surface area (TPSA) is 47.8 Å². The Hall–Kier alpha value is -1.68. The van der Waals surface area contributed by atoms with Crippen molar-refractivity contribution >= 4 is 17.9 Å². The van der Waals surface area contributed by atoms with Gasteiger partial charge in [0.2, 0.25) is 0 Å². The van der Waals surface area contributed by atoms with Crippen LogP contribution in [0.4, 0.5) is 0 Å². The minimum Gasteiger partial charge on any atom is -0.298 e. The van der Waals surface area contributed by atoms with Crippen molar-refractivity contribution in [2.24, 2.45) is 0 Å². The van der Waals surface area contributed by atoms with Crippen LogP contribution in [0.25, 0.3) is 5.69 Å². The van der Waals surface area contributed by atoms with Crippen molar-refractivity contribution < 1.29 is 4.79 Å². The summed E-state index contributed by atoms with van der Waals surface area (Å²) in [6.07, 6.45) is 3.80. The Morgan fingerprint density at radius 3 is 2.64 bits per heavy atom. The molecular formula is C9H6ClN3O. The van der Waals surface area contributed by atoms with Crippen LogP contribution in [0.2, 0.25) is 5.02 Å². The molecule has 1 heterocycles. The molecule has 5 heteroatoms. The summed E-state index contributed by atoms with van der Waals surface area (Å²) in [5, 5.41) is 7.85. The SMILES string of the molecule is O=Cc1cc(Cl)ccc1-n1cnnc1. The van der Waals surface area contributed by atoms with Crippen LogP contribution in [-0.2, 0) is 0 Å². The molecule has 0 radical (unpaired) electrons. The maximum Gasteiger partial charge on any atom is 0.152 e. The van der Waals surface area contributed by atoms with Crippen LogP contribution in [0.5, 0.6) is 0 Å². The summed E-state index contributed by atoms with van der Waals surface area (Å²) in [5.41, 5.74) is 1.23. The van der Waals surface area contributed by atoms with Crippen molar-refractivity contribution in [2.75, 3.05) is 0 Å². The monoisotopic (exact) mass is 207 g/mol. The van der Waals surface area contributed by atoms with Gasteiger partial charge in [-0.15, -0.1) is 10.2 Å². The maximum atomic E-state index is 10.8. The van der Waals surface area contributed by atoms with E-state index in [2.05, 4.69) is 10.2 Å². The molecule has 0 fully saturated rings. The van der Waals surface area contributed by atoms with E-state index < -0.39 is 0 Å². The average Bonchev–Trinajstić information content (AvgIpc) is 2.70. The zero-order chi connectivity index (χ0) is 9.97. The number of benzene rings is 1. The third-order valence-electron chi connectivity index (χ3n) is 1.81. The molecule has 0 spiro atoms. The zero-order valence-electron chi connectivity index (χ0n) is 7.09. The summed E-state index contributed by atoms with van der Waals surface area (Å²) in [6, 6.07) is 5.06. The predicted octanol–water partition coefficient (Wildman–Crippen LogP) is 1.73. The van der Waals surface area contributed by atoms with Crippen molar-refractivity contribution in [1.82, 2.24) is 14.8 Å². The normalized spacial score (nSPS) is 10.1. The number of hydrogen-bond donors (Lipinski definition) is 0. The Bertz CT molecular complexity index is 453. The van der Waals surface area contributed by atoms with Crippen LogP contribution >= 0.6 is 11.6 Å². The number of aldehydes is 1. The van der Waals surface area contributed by atoms with E-state index in [1.54, 1.807) is 22.8 Å². The molecule has 0 saturated carbocycles. The lowest BCUT2D eigenvalue weighted by molar-refractivity contribution is 0.112. The highest BCUT2D eigenvalue weighted by Gasteiger charge is 2.04. The van der Waals surface area contributed by atoms with Crippen molar-refractivity contribution in [3.05, 3.63) is 41.4 Å². The average molecular weight is 208 g/mol. The van der Waals surface area contributed by atoms with Gasteiger partial charge in [-0.25, -0.2) is 0 Å². The molecule has 0 N–H and O–H groups in total. The highest BCUT2D eigenvalue weighted by molar-refractivity contribution is 6.30. The van der Waals surface area contributed by atoms with E-state index in [-0.39, 0.29) is 0 Å². The lowest BCUT2D eigenvalue weighted by Gasteiger charge is -2.04. The van der Waals surface area contributed by atoms with Crippen molar-refractivity contribution in [2.45, 2.75) is 0 Å². The first-order chi connectivity index (χ1) is 6.81. The Kier molecular flexibility index (Phi) is 2.28. The minimum absolute atomic E-state index is 0.511. The fraction of sp³-hybridized carbons (Fsp3) is 0. The Morgan fingerprint density at radius 2 is 2.00 bits per heavy atom. The van der Waals surface area contributed by atoms with Crippen LogP contribution in [0.3, 0.4) is 0 Å². The molecule has 0 aliphatic carbocycles. The molecule has 4 nitrogen and oxygen atoms in total. The zero-order valence-corrected chi connectivity index (χ0v) is 7.85. The molecule has 0 amide bonds. The summed E-state index contributed by atoms with van der Waals surface area (Å²) < 4.78 is 1.65. The number of halogens is 1. The second-order valence-electron chi connectivity index (χ2n) is 2.69.